The molecule has 33 heavy (non-hydrogen) atoms. The molecule has 1 N–H and O–H groups in total. The van der Waals surface area contributed by atoms with Crippen molar-refractivity contribution in [3.05, 3.63) is 29.8 Å². The first-order valence-electron chi connectivity index (χ1n) is 11.1. The molecule has 0 bridgehead atoms. The largest absolute Gasteiger partial charge is 0.492 e. The molecule has 8 nitrogen and oxygen atoms in total. The van der Waals surface area contributed by atoms with E-state index in [1.165, 1.54) is 4.90 Å². The van der Waals surface area contributed by atoms with E-state index in [4.69, 9.17) is 18.9 Å². The van der Waals surface area contributed by atoms with Crippen LogP contribution in [0.5, 0.6) is 5.75 Å². The fourth-order valence-corrected chi connectivity index (χ4v) is 2.74. The molecule has 0 saturated carbocycles. The van der Waals surface area contributed by atoms with Gasteiger partial charge in [-0.15, -0.1) is 0 Å². The topological polar surface area (TPSA) is 94.5 Å². The molecule has 1 amide bonds. The Morgan fingerprint density at radius 1 is 1.09 bits per heavy atom. The summed E-state index contributed by atoms with van der Waals surface area (Å²) in [4.78, 5) is 24.9. The lowest BCUT2D eigenvalue weighted by Crippen LogP contribution is -2.38. The van der Waals surface area contributed by atoms with Crippen molar-refractivity contribution in [3.8, 4) is 5.75 Å². The molecule has 188 valence electrons. The molecule has 10 heteroatoms. The summed E-state index contributed by atoms with van der Waals surface area (Å²) < 4.78 is 46.8. The van der Waals surface area contributed by atoms with Crippen LogP contribution in [0.15, 0.2) is 24.3 Å². The Morgan fingerprint density at radius 3 is 2.33 bits per heavy atom. The smallest absolute Gasteiger partial charge is 0.409 e. The monoisotopic (exact) mass is 475 g/mol. The minimum absolute atomic E-state index is 0.0500. The van der Waals surface area contributed by atoms with Gasteiger partial charge in [0.1, 0.15) is 19.0 Å². The standard InChI is InChI=1S/C23H35F2NO7/c1-4-6-13-33-22(29)26(11-14-30-17-23(3,24)25)12-15-32-19-9-7-18(8-10-19)16-20(21(27)28)31-5-2/h7-10,20H,4-6,11-17H2,1-3H3,(H,27,28). The van der Waals surface area contributed by atoms with Crippen molar-refractivity contribution < 1.29 is 42.4 Å². The highest BCUT2D eigenvalue weighted by Gasteiger charge is 2.22. The van der Waals surface area contributed by atoms with E-state index in [1.807, 2.05) is 6.92 Å². The van der Waals surface area contributed by atoms with E-state index in [0.717, 1.165) is 25.3 Å². The number of ether oxygens (including phenoxy) is 4. The first-order valence-corrected chi connectivity index (χ1v) is 11.1. The lowest BCUT2D eigenvalue weighted by molar-refractivity contribution is -0.149. The van der Waals surface area contributed by atoms with Gasteiger partial charge in [-0.05, 0) is 31.0 Å². The third kappa shape index (κ3) is 13.0. The van der Waals surface area contributed by atoms with Gasteiger partial charge in [0.15, 0.2) is 6.10 Å². The molecule has 0 aliphatic rings. The van der Waals surface area contributed by atoms with Gasteiger partial charge in [-0.25, -0.2) is 18.4 Å². The Labute approximate surface area is 193 Å². The van der Waals surface area contributed by atoms with E-state index in [2.05, 4.69) is 0 Å². The fraction of sp³-hybridized carbons (Fsp3) is 0.652. The van der Waals surface area contributed by atoms with Crippen LogP contribution in [0.25, 0.3) is 0 Å². The summed E-state index contributed by atoms with van der Waals surface area (Å²) in [5.74, 6) is -3.41. The number of benzene rings is 1. The van der Waals surface area contributed by atoms with Crippen LogP contribution in [-0.2, 0) is 25.4 Å². The zero-order chi connectivity index (χ0) is 24.7. The van der Waals surface area contributed by atoms with E-state index < -0.39 is 30.7 Å². The van der Waals surface area contributed by atoms with Crippen molar-refractivity contribution in [2.24, 2.45) is 0 Å². The molecule has 1 aromatic rings. The first-order chi connectivity index (χ1) is 15.7. The van der Waals surface area contributed by atoms with E-state index in [0.29, 0.717) is 12.4 Å². The minimum atomic E-state index is -2.94. The van der Waals surface area contributed by atoms with E-state index >= 15 is 0 Å². The fourth-order valence-electron chi connectivity index (χ4n) is 2.74. The number of hydrogen-bond donors (Lipinski definition) is 1. The Kier molecular flexibility index (Phi) is 13.3. The van der Waals surface area contributed by atoms with Gasteiger partial charge in [0.2, 0.25) is 0 Å². The number of carbonyl (C=O) groups excluding carboxylic acids is 1. The summed E-state index contributed by atoms with van der Waals surface area (Å²) in [7, 11) is 0. The third-order valence-corrected chi connectivity index (χ3v) is 4.46. The lowest BCUT2D eigenvalue weighted by Gasteiger charge is -2.22. The van der Waals surface area contributed by atoms with Gasteiger partial charge >= 0.3 is 12.1 Å². The Hall–Kier alpha value is -2.46. The van der Waals surface area contributed by atoms with Crippen molar-refractivity contribution in [1.82, 2.24) is 4.90 Å². The minimum Gasteiger partial charge on any atom is -0.492 e. The van der Waals surface area contributed by atoms with Gasteiger partial charge in [0.25, 0.3) is 5.92 Å². The van der Waals surface area contributed by atoms with Gasteiger partial charge < -0.3 is 29.0 Å². The molecule has 0 saturated heterocycles. The summed E-state index contributed by atoms with van der Waals surface area (Å²) in [6.45, 7) is 4.73. The lowest BCUT2D eigenvalue weighted by atomic mass is 10.1. The number of unbranched alkanes of at least 4 members (excludes halogenated alkanes) is 1. The van der Waals surface area contributed by atoms with Crippen LogP contribution in [0.2, 0.25) is 0 Å². The molecular weight excluding hydrogens is 440 g/mol. The number of carbonyl (C=O) groups is 2. The van der Waals surface area contributed by atoms with Gasteiger partial charge in [0, 0.05) is 26.5 Å². The Balaban J connectivity index is 2.55. The summed E-state index contributed by atoms with van der Waals surface area (Å²) >= 11 is 0. The molecule has 0 spiro atoms. The zero-order valence-corrected chi connectivity index (χ0v) is 19.6. The van der Waals surface area contributed by atoms with Crippen molar-refractivity contribution in [3.63, 3.8) is 0 Å². The maximum Gasteiger partial charge on any atom is 0.409 e. The van der Waals surface area contributed by atoms with Crippen LogP contribution >= 0.6 is 0 Å². The van der Waals surface area contributed by atoms with Crippen molar-refractivity contribution in [2.75, 3.05) is 46.1 Å². The first kappa shape index (κ1) is 28.6. The predicted octanol–water partition coefficient (Wildman–Crippen LogP) is 4.01. The summed E-state index contributed by atoms with van der Waals surface area (Å²) in [5.41, 5.74) is 0.786. The average Bonchev–Trinajstić information content (AvgIpc) is 2.75. The van der Waals surface area contributed by atoms with Crippen LogP contribution in [0.4, 0.5) is 13.6 Å². The second kappa shape index (κ2) is 15.4. The number of halogens is 2. The normalized spacial score (nSPS) is 12.3. The molecule has 1 atom stereocenters. The average molecular weight is 476 g/mol. The van der Waals surface area contributed by atoms with Crippen molar-refractivity contribution >= 4 is 12.1 Å². The van der Waals surface area contributed by atoms with Gasteiger partial charge in [-0.3, -0.25) is 0 Å². The number of aliphatic carboxylic acids is 1. The number of hydrogen-bond acceptors (Lipinski definition) is 6. The summed E-state index contributed by atoms with van der Waals surface area (Å²) in [5, 5.41) is 9.18. The Morgan fingerprint density at radius 2 is 1.76 bits per heavy atom. The maximum atomic E-state index is 12.9. The van der Waals surface area contributed by atoms with E-state index in [9.17, 15) is 23.5 Å². The molecule has 0 heterocycles. The summed E-state index contributed by atoms with van der Waals surface area (Å²) in [6, 6.07) is 6.91. The molecule has 0 aromatic heterocycles. The molecule has 0 radical (unpaired) electrons. The molecule has 0 aliphatic heterocycles. The number of amides is 1. The highest BCUT2D eigenvalue weighted by Crippen LogP contribution is 2.15. The van der Waals surface area contributed by atoms with Crippen LogP contribution < -0.4 is 4.74 Å². The van der Waals surface area contributed by atoms with Gasteiger partial charge in [0.05, 0.1) is 19.8 Å². The molecule has 0 aliphatic carbocycles. The Bertz CT molecular complexity index is 695. The number of carboxylic acids is 1. The number of alkyl halides is 2. The molecular formula is C23H35F2NO7. The quantitative estimate of drug-likeness (QED) is 0.340. The van der Waals surface area contributed by atoms with Crippen molar-refractivity contribution in [2.45, 2.75) is 52.1 Å². The highest BCUT2D eigenvalue weighted by molar-refractivity contribution is 5.72. The van der Waals surface area contributed by atoms with E-state index in [1.54, 1.807) is 31.2 Å². The second-order valence-electron chi connectivity index (χ2n) is 7.56. The van der Waals surface area contributed by atoms with Gasteiger partial charge in [-0.1, -0.05) is 25.5 Å². The van der Waals surface area contributed by atoms with Crippen LogP contribution in [0.3, 0.4) is 0 Å². The zero-order valence-electron chi connectivity index (χ0n) is 19.6. The van der Waals surface area contributed by atoms with E-state index in [-0.39, 0.29) is 39.3 Å². The highest BCUT2D eigenvalue weighted by atomic mass is 19.3. The SMILES string of the molecule is CCCCOC(=O)N(CCOCC(C)(F)F)CCOc1ccc(CC(OCC)C(=O)O)cc1. The van der Waals surface area contributed by atoms with Gasteiger partial charge in [-0.2, -0.15) is 0 Å². The van der Waals surface area contributed by atoms with Crippen LogP contribution in [-0.4, -0.2) is 80.2 Å². The molecule has 1 unspecified atom stereocenters. The molecule has 1 rings (SSSR count). The third-order valence-electron chi connectivity index (χ3n) is 4.46. The van der Waals surface area contributed by atoms with Crippen LogP contribution in [0.1, 0.15) is 39.2 Å². The maximum absolute atomic E-state index is 12.9. The van der Waals surface area contributed by atoms with Crippen molar-refractivity contribution in [1.29, 1.82) is 0 Å². The summed E-state index contributed by atoms with van der Waals surface area (Å²) in [6.07, 6.45) is 0.373. The molecule has 1 aromatic carbocycles. The second-order valence-corrected chi connectivity index (χ2v) is 7.56. The number of nitrogens with zero attached hydrogens (tertiary/aromatic N) is 1. The predicted molar refractivity (Wildman–Crippen MR) is 118 cm³/mol. The number of carboxylic acid groups (broad SMARTS) is 1. The number of rotatable bonds is 17. The molecule has 0 fully saturated rings. The van der Waals surface area contributed by atoms with Crippen LogP contribution in [0, 0.1) is 0 Å².